The van der Waals surface area contributed by atoms with Crippen LogP contribution in [0.5, 0.6) is 0 Å². The van der Waals surface area contributed by atoms with Crippen molar-refractivity contribution in [3.8, 4) is 0 Å². The van der Waals surface area contributed by atoms with Gasteiger partial charge in [0.2, 0.25) is 0 Å². The summed E-state index contributed by atoms with van der Waals surface area (Å²) in [5.74, 6) is 0. The van der Waals surface area contributed by atoms with Crippen LogP contribution >= 0.6 is 0 Å². The standard InChI is InChI=1S/C30H39/c1-5-7-9-11-12-14-24-15-20-28-26(22-24)17-16-25-18-19-27(23-29(25)28)30(3,4)21-13-10-8-6-2/h6-10,13,18-19,22-23H,1,5,11-12,14-17,20-21H2,2-4H3/q-1/b8-6-,9-7-,13-10-. The van der Waals surface area contributed by atoms with Crippen molar-refractivity contribution in [2.24, 2.45) is 0 Å². The highest BCUT2D eigenvalue weighted by molar-refractivity contribution is 5.77. The third-order valence-corrected chi connectivity index (χ3v) is 6.61. The maximum Gasteiger partial charge on any atom is -0.00688 e. The van der Waals surface area contributed by atoms with Crippen LogP contribution in [-0.4, -0.2) is 0 Å². The van der Waals surface area contributed by atoms with Gasteiger partial charge in [0.25, 0.3) is 0 Å². The predicted octanol–water partition coefficient (Wildman–Crippen LogP) is 8.86. The molecule has 160 valence electrons. The molecule has 1 aromatic rings. The molecule has 1 aromatic carbocycles. The number of hydrogen-bond donors (Lipinski definition) is 0. The van der Waals surface area contributed by atoms with E-state index in [0.717, 1.165) is 12.8 Å². The molecule has 3 rings (SSSR count). The first-order valence-electron chi connectivity index (χ1n) is 11.8. The fraction of sp³-hybridized carbons (Fsp3) is 0.433. The number of hydrogen-bond acceptors (Lipinski definition) is 0. The van der Waals surface area contributed by atoms with Crippen LogP contribution in [0.15, 0.2) is 71.9 Å². The lowest BCUT2D eigenvalue weighted by Gasteiger charge is -2.30. The first-order valence-corrected chi connectivity index (χ1v) is 11.8. The van der Waals surface area contributed by atoms with Gasteiger partial charge in [-0.25, -0.2) is 0 Å². The fourth-order valence-corrected chi connectivity index (χ4v) is 4.70. The normalized spacial score (nSPS) is 17.1. The molecule has 0 saturated carbocycles. The summed E-state index contributed by atoms with van der Waals surface area (Å²) in [6, 6.07) is 7.28. The van der Waals surface area contributed by atoms with E-state index in [1.807, 2.05) is 0 Å². The maximum atomic E-state index is 3.87. The van der Waals surface area contributed by atoms with Gasteiger partial charge < -0.3 is 6.92 Å². The number of allylic oxidation sites excluding steroid dienone is 10. The molecule has 0 amide bonds. The zero-order valence-electron chi connectivity index (χ0n) is 19.3. The van der Waals surface area contributed by atoms with E-state index >= 15 is 0 Å². The maximum absolute atomic E-state index is 3.87. The van der Waals surface area contributed by atoms with Crippen LogP contribution < -0.4 is 0 Å². The third kappa shape index (κ3) is 5.75. The molecule has 0 fully saturated rings. The molecule has 30 heavy (non-hydrogen) atoms. The SMILES string of the molecule is [CH2-]C/C=C\CCCC1=CC2=C(CC1)c1cc(C(C)(C)C/C=C\C=C/C)ccc1CC2. The average molecular weight is 400 g/mol. The van der Waals surface area contributed by atoms with Gasteiger partial charge in [0, 0.05) is 0 Å². The molecule has 0 unspecified atom stereocenters. The number of fused-ring (bicyclic) bond motifs is 2. The van der Waals surface area contributed by atoms with Gasteiger partial charge in [-0.2, -0.15) is 6.42 Å². The second-order valence-electron chi connectivity index (χ2n) is 9.37. The third-order valence-electron chi connectivity index (χ3n) is 6.61. The van der Waals surface area contributed by atoms with E-state index < -0.39 is 0 Å². The lowest BCUT2D eigenvalue weighted by Crippen LogP contribution is -2.17. The molecular weight excluding hydrogens is 360 g/mol. The highest BCUT2D eigenvalue weighted by Gasteiger charge is 2.25. The number of rotatable bonds is 9. The van der Waals surface area contributed by atoms with Crippen LogP contribution in [0, 0.1) is 6.92 Å². The van der Waals surface area contributed by atoms with Crippen molar-refractivity contribution in [2.75, 3.05) is 0 Å². The number of aryl methyl sites for hydroxylation is 1. The van der Waals surface area contributed by atoms with E-state index in [2.05, 4.69) is 88.4 Å². The van der Waals surface area contributed by atoms with Gasteiger partial charge in [-0.15, -0.1) is 6.08 Å². The van der Waals surface area contributed by atoms with Crippen molar-refractivity contribution in [3.63, 3.8) is 0 Å². The Bertz CT molecular complexity index is 867. The van der Waals surface area contributed by atoms with Crippen molar-refractivity contribution in [2.45, 2.75) is 84.0 Å². The summed E-state index contributed by atoms with van der Waals surface area (Å²) < 4.78 is 0. The molecular formula is C30H39-. The molecule has 0 aromatic heterocycles. The van der Waals surface area contributed by atoms with Crippen molar-refractivity contribution in [3.05, 3.63) is 95.5 Å². The second-order valence-corrected chi connectivity index (χ2v) is 9.37. The highest BCUT2D eigenvalue weighted by Crippen LogP contribution is 2.42. The van der Waals surface area contributed by atoms with Gasteiger partial charge in [0.05, 0.1) is 0 Å². The molecule has 0 spiro atoms. The van der Waals surface area contributed by atoms with E-state index in [4.69, 9.17) is 0 Å². The fourth-order valence-electron chi connectivity index (χ4n) is 4.70. The summed E-state index contributed by atoms with van der Waals surface area (Å²) in [4.78, 5) is 0. The van der Waals surface area contributed by atoms with E-state index in [1.165, 1.54) is 56.1 Å². The van der Waals surface area contributed by atoms with Crippen molar-refractivity contribution < 1.29 is 0 Å². The van der Waals surface area contributed by atoms with Gasteiger partial charge >= 0.3 is 0 Å². The quantitative estimate of drug-likeness (QED) is 0.168. The van der Waals surface area contributed by atoms with Gasteiger partial charge in [-0.3, -0.25) is 0 Å². The Labute approximate surface area is 185 Å². The van der Waals surface area contributed by atoms with E-state index in [-0.39, 0.29) is 5.41 Å². The summed E-state index contributed by atoms with van der Waals surface area (Å²) in [5.41, 5.74) is 9.60. The topological polar surface area (TPSA) is 0 Å². The minimum atomic E-state index is 0.155. The van der Waals surface area contributed by atoms with Crippen LogP contribution in [0.2, 0.25) is 0 Å². The molecule has 0 heterocycles. The van der Waals surface area contributed by atoms with Gasteiger partial charge in [0.15, 0.2) is 0 Å². The Balaban J connectivity index is 1.76. The molecule has 0 radical (unpaired) electrons. The number of benzene rings is 1. The lowest BCUT2D eigenvalue weighted by molar-refractivity contribution is 0.533. The summed E-state index contributed by atoms with van der Waals surface area (Å²) in [6.07, 6.45) is 26.2. The molecule has 0 atom stereocenters. The van der Waals surface area contributed by atoms with Crippen LogP contribution in [0.25, 0.3) is 5.57 Å². The largest absolute Gasteiger partial charge is 0.340 e. The van der Waals surface area contributed by atoms with Crippen LogP contribution in [-0.2, 0) is 11.8 Å². The van der Waals surface area contributed by atoms with E-state index in [1.54, 1.807) is 22.3 Å². The Hall–Kier alpha value is -2.08. The van der Waals surface area contributed by atoms with Crippen LogP contribution in [0.1, 0.15) is 88.8 Å². The Kier molecular flexibility index (Phi) is 8.14. The summed E-state index contributed by atoms with van der Waals surface area (Å²) in [7, 11) is 0. The van der Waals surface area contributed by atoms with Crippen molar-refractivity contribution >= 4 is 5.57 Å². The minimum absolute atomic E-state index is 0.155. The monoisotopic (exact) mass is 399 g/mol. The smallest absolute Gasteiger partial charge is 0.00688 e. The Morgan fingerprint density at radius 2 is 1.87 bits per heavy atom. The predicted molar refractivity (Wildman–Crippen MR) is 134 cm³/mol. The molecule has 0 bridgehead atoms. The second kappa shape index (κ2) is 10.8. The highest BCUT2D eigenvalue weighted by atomic mass is 14.3. The summed E-state index contributed by atoms with van der Waals surface area (Å²) in [5, 5.41) is 0. The minimum Gasteiger partial charge on any atom is -0.340 e. The zero-order valence-corrected chi connectivity index (χ0v) is 19.3. The van der Waals surface area contributed by atoms with Crippen molar-refractivity contribution in [1.29, 1.82) is 0 Å². The molecule has 0 heteroatoms. The van der Waals surface area contributed by atoms with Gasteiger partial charge in [-0.05, 0) is 91.5 Å². The Morgan fingerprint density at radius 3 is 2.67 bits per heavy atom. The molecule has 2 aliphatic rings. The molecule has 0 nitrogen and oxygen atoms in total. The van der Waals surface area contributed by atoms with Crippen molar-refractivity contribution in [1.82, 2.24) is 0 Å². The average Bonchev–Trinajstić information content (AvgIpc) is 2.76. The van der Waals surface area contributed by atoms with Gasteiger partial charge in [-0.1, -0.05) is 74.1 Å². The van der Waals surface area contributed by atoms with Gasteiger partial charge in [0.1, 0.15) is 0 Å². The molecule has 0 saturated heterocycles. The van der Waals surface area contributed by atoms with Crippen LogP contribution in [0.4, 0.5) is 0 Å². The lowest BCUT2D eigenvalue weighted by atomic mass is 9.75. The van der Waals surface area contributed by atoms with E-state index in [0.29, 0.717) is 0 Å². The first kappa shape index (κ1) is 22.6. The molecule has 0 aliphatic heterocycles. The Morgan fingerprint density at radius 1 is 1.00 bits per heavy atom. The molecule has 0 N–H and O–H groups in total. The molecule has 2 aliphatic carbocycles. The zero-order chi connectivity index (χ0) is 21.4. The van der Waals surface area contributed by atoms with E-state index in [9.17, 15) is 0 Å². The summed E-state index contributed by atoms with van der Waals surface area (Å²) in [6.45, 7) is 10.7. The number of unbranched alkanes of at least 4 members (excludes halogenated alkanes) is 1. The van der Waals surface area contributed by atoms with Crippen LogP contribution in [0.3, 0.4) is 0 Å². The summed E-state index contributed by atoms with van der Waals surface area (Å²) >= 11 is 0. The first-order chi connectivity index (χ1) is 14.5.